The van der Waals surface area contributed by atoms with Crippen molar-refractivity contribution in [2.75, 3.05) is 46.2 Å². The lowest BCUT2D eigenvalue weighted by molar-refractivity contribution is -0.128. The van der Waals surface area contributed by atoms with Gasteiger partial charge in [-0.25, -0.2) is 0 Å². The first-order valence-electron chi connectivity index (χ1n) is 9.08. The fraction of sp³-hybridized carbons (Fsp3) is 0.632. The molecule has 3 rings (SSSR count). The molecule has 5 nitrogen and oxygen atoms in total. The average molecular weight is 365 g/mol. The molecule has 0 bridgehead atoms. The highest BCUT2D eigenvalue weighted by molar-refractivity contribution is 8.00. The molecular weight excluding hydrogens is 336 g/mol. The lowest BCUT2D eigenvalue weighted by Gasteiger charge is -2.26. The Morgan fingerprint density at radius 2 is 1.88 bits per heavy atom. The van der Waals surface area contributed by atoms with Crippen LogP contribution in [0, 0.1) is 0 Å². The number of methoxy groups -OCH3 is 2. The Balaban J connectivity index is 1.61. The minimum Gasteiger partial charge on any atom is -0.497 e. The van der Waals surface area contributed by atoms with Crippen LogP contribution >= 0.6 is 11.8 Å². The molecule has 1 amide bonds. The van der Waals surface area contributed by atoms with Gasteiger partial charge in [-0.3, -0.25) is 4.79 Å². The van der Waals surface area contributed by atoms with Crippen LogP contribution in [0.15, 0.2) is 18.2 Å². The number of hydrogen-bond acceptors (Lipinski definition) is 5. The molecule has 138 valence electrons. The van der Waals surface area contributed by atoms with Gasteiger partial charge in [-0.15, -0.1) is 11.8 Å². The van der Waals surface area contributed by atoms with Crippen molar-refractivity contribution in [3.8, 4) is 11.5 Å². The minimum atomic E-state index is 0.0418. The van der Waals surface area contributed by atoms with Crippen molar-refractivity contribution in [2.45, 2.75) is 31.1 Å². The average Bonchev–Trinajstić information content (AvgIpc) is 3.28. The van der Waals surface area contributed by atoms with Gasteiger partial charge in [-0.05, 0) is 57.5 Å². The zero-order chi connectivity index (χ0) is 17.6. The van der Waals surface area contributed by atoms with Crippen LogP contribution in [-0.2, 0) is 4.79 Å². The van der Waals surface area contributed by atoms with E-state index in [2.05, 4.69) is 4.90 Å². The molecule has 2 aliphatic heterocycles. The maximum atomic E-state index is 12.4. The van der Waals surface area contributed by atoms with E-state index in [1.54, 1.807) is 26.0 Å². The van der Waals surface area contributed by atoms with Crippen molar-refractivity contribution in [2.24, 2.45) is 0 Å². The number of ether oxygens (including phenoxy) is 2. The molecule has 1 aromatic rings. The standard InChI is InChI=1S/C19H28N2O3S/c1-23-15-7-8-16(17(13-15)24-2)19-21(18(22)14-25-19)12-6-5-11-20-9-3-4-10-20/h7-8,13,19H,3-6,9-12,14H2,1-2H3. The van der Waals surface area contributed by atoms with E-state index in [4.69, 9.17) is 9.47 Å². The summed E-state index contributed by atoms with van der Waals surface area (Å²) in [5.41, 5.74) is 1.05. The fourth-order valence-electron chi connectivity index (χ4n) is 3.60. The smallest absolute Gasteiger partial charge is 0.233 e. The van der Waals surface area contributed by atoms with Gasteiger partial charge in [0.05, 0.1) is 20.0 Å². The van der Waals surface area contributed by atoms with Gasteiger partial charge >= 0.3 is 0 Å². The van der Waals surface area contributed by atoms with E-state index in [-0.39, 0.29) is 11.3 Å². The van der Waals surface area contributed by atoms with Gasteiger partial charge in [0.25, 0.3) is 0 Å². The zero-order valence-corrected chi connectivity index (χ0v) is 16.0. The van der Waals surface area contributed by atoms with Crippen LogP contribution in [0.3, 0.4) is 0 Å². The van der Waals surface area contributed by atoms with E-state index in [1.165, 1.54) is 25.9 Å². The number of nitrogens with zero attached hydrogens (tertiary/aromatic N) is 2. The Morgan fingerprint density at radius 3 is 2.60 bits per heavy atom. The predicted octanol–water partition coefficient (Wildman–Crippen LogP) is 3.15. The van der Waals surface area contributed by atoms with E-state index in [1.807, 2.05) is 23.1 Å². The second-order valence-electron chi connectivity index (χ2n) is 6.61. The topological polar surface area (TPSA) is 42.0 Å². The Labute approximate surface area is 154 Å². The quantitative estimate of drug-likeness (QED) is 0.663. The van der Waals surface area contributed by atoms with Crippen molar-refractivity contribution in [1.29, 1.82) is 0 Å². The number of benzene rings is 1. The second kappa shape index (κ2) is 8.81. The van der Waals surface area contributed by atoms with Gasteiger partial charge in [0.15, 0.2) is 0 Å². The number of thioether (sulfide) groups is 1. The fourth-order valence-corrected chi connectivity index (χ4v) is 4.84. The molecule has 6 heteroatoms. The molecule has 1 unspecified atom stereocenters. The van der Waals surface area contributed by atoms with E-state index in [0.717, 1.165) is 43.0 Å². The lowest BCUT2D eigenvalue weighted by atomic mass is 10.1. The summed E-state index contributed by atoms with van der Waals surface area (Å²) in [5.74, 6) is 2.33. The first-order chi connectivity index (χ1) is 12.2. The van der Waals surface area contributed by atoms with Crippen LogP contribution in [0.4, 0.5) is 0 Å². The number of carbonyl (C=O) groups is 1. The summed E-state index contributed by atoms with van der Waals surface area (Å²) >= 11 is 1.68. The molecule has 25 heavy (non-hydrogen) atoms. The summed E-state index contributed by atoms with van der Waals surface area (Å²) in [5, 5.41) is 0.0418. The molecule has 2 aliphatic rings. The molecule has 0 spiro atoms. The SMILES string of the molecule is COc1ccc(C2SCC(=O)N2CCCCN2CCCC2)c(OC)c1. The van der Waals surface area contributed by atoms with Crippen molar-refractivity contribution < 1.29 is 14.3 Å². The Morgan fingerprint density at radius 1 is 1.12 bits per heavy atom. The summed E-state index contributed by atoms with van der Waals surface area (Å²) in [6, 6.07) is 5.85. The van der Waals surface area contributed by atoms with Crippen LogP contribution in [0.2, 0.25) is 0 Å². The van der Waals surface area contributed by atoms with Gasteiger partial charge in [0, 0.05) is 18.2 Å². The number of hydrogen-bond donors (Lipinski definition) is 0. The zero-order valence-electron chi connectivity index (χ0n) is 15.2. The summed E-state index contributed by atoms with van der Waals surface area (Å²) in [6.07, 6.45) is 4.87. The minimum absolute atomic E-state index is 0.0418. The molecule has 0 aliphatic carbocycles. The van der Waals surface area contributed by atoms with Crippen LogP contribution in [0.1, 0.15) is 36.6 Å². The van der Waals surface area contributed by atoms with Crippen LogP contribution in [0.5, 0.6) is 11.5 Å². The Hall–Kier alpha value is -1.40. The monoisotopic (exact) mass is 364 g/mol. The molecular formula is C19H28N2O3S. The largest absolute Gasteiger partial charge is 0.497 e. The van der Waals surface area contributed by atoms with Crippen molar-refractivity contribution in [3.63, 3.8) is 0 Å². The molecule has 0 aromatic heterocycles. The van der Waals surface area contributed by atoms with E-state index < -0.39 is 0 Å². The molecule has 0 radical (unpaired) electrons. The summed E-state index contributed by atoms with van der Waals surface area (Å²) in [4.78, 5) is 16.9. The number of likely N-dealkylation sites (tertiary alicyclic amines) is 1. The third kappa shape index (κ3) is 4.42. The third-order valence-electron chi connectivity index (χ3n) is 5.00. The van der Waals surface area contributed by atoms with Gasteiger partial charge in [0.2, 0.25) is 5.91 Å². The number of unbranched alkanes of at least 4 members (excludes halogenated alkanes) is 1. The number of rotatable bonds is 8. The molecule has 0 N–H and O–H groups in total. The highest BCUT2D eigenvalue weighted by atomic mass is 32.2. The molecule has 1 aromatic carbocycles. The maximum absolute atomic E-state index is 12.4. The molecule has 2 heterocycles. The maximum Gasteiger partial charge on any atom is 0.233 e. The Bertz CT molecular complexity index is 590. The van der Waals surface area contributed by atoms with Crippen LogP contribution in [0.25, 0.3) is 0 Å². The third-order valence-corrected chi connectivity index (χ3v) is 6.23. The summed E-state index contributed by atoms with van der Waals surface area (Å²) in [7, 11) is 3.31. The molecule has 0 saturated carbocycles. The highest BCUT2D eigenvalue weighted by Crippen LogP contribution is 2.43. The van der Waals surface area contributed by atoms with Gasteiger partial charge in [0.1, 0.15) is 16.9 Å². The van der Waals surface area contributed by atoms with E-state index in [9.17, 15) is 4.79 Å². The normalized spacial score (nSPS) is 21.1. The van der Waals surface area contributed by atoms with E-state index >= 15 is 0 Å². The van der Waals surface area contributed by atoms with Crippen molar-refractivity contribution in [1.82, 2.24) is 9.80 Å². The first-order valence-corrected chi connectivity index (χ1v) is 10.1. The lowest BCUT2D eigenvalue weighted by Crippen LogP contribution is -2.30. The predicted molar refractivity (Wildman–Crippen MR) is 101 cm³/mol. The van der Waals surface area contributed by atoms with Crippen molar-refractivity contribution in [3.05, 3.63) is 23.8 Å². The molecule has 2 saturated heterocycles. The van der Waals surface area contributed by atoms with E-state index in [0.29, 0.717) is 5.75 Å². The summed E-state index contributed by atoms with van der Waals surface area (Å²) < 4.78 is 10.8. The molecule has 1 atom stereocenters. The van der Waals surface area contributed by atoms with Crippen molar-refractivity contribution >= 4 is 17.7 Å². The molecule has 2 fully saturated rings. The van der Waals surface area contributed by atoms with Crippen LogP contribution in [-0.4, -0.2) is 61.9 Å². The first kappa shape index (κ1) is 18.4. The number of amides is 1. The number of carbonyl (C=O) groups excluding carboxylic acids is 1. The summed E-state index contributed by atoms with van der Waals surface area (Å²) in [6.45, 7) is 4.46. The second-order valence-corrected chi connectivity index (χ2v) is 7.68. The van der Waals surface area contributed by atoms with Crippen LogP contribution < -0.4 is 9.47 Å². The van der Waals surface area contributed by atoms with Gasteiger partial charge in [-0.2, -0.15) is 0 Å². The Kier molecular flexibility index (Phi) is 6.48. The van der Waals surface area contributed by atoms with Gasteiger partial charge in [-0.1, -0.05) is 0 Å². The van der Waals surface area contributed by atoms with Gasteiger partial charge < -0.3 is 19.3 Å². The highest BCUT2D eigenvalue weighted by Gasteiger charge is 2.34.